The molecule has 1 aliphatic heterocycles. The predicted molar refractivity (Wildman–Crippen MR) is 48.6 cm³/mol. The molecular formula is C10H13NO2. The minimum absolute atomic E-state index is 0.255. The Morgan fingerprint density at radius 3 is 2.85 bits per heavy atom. The number of carbonyl (C=O) groups excluding carboxylic acids is 1. The minimum atomic E-state index is -0.305. The summed E-state index contributed by atoms with van der Waals surface area (Å²) >= 11 is 0. The third-order valence-electron chi connectivity index (χ3n) is 2.74. The highest BCUT2D eigenvalue weighted by atomic mass is 16.5. The van der Waals surface area contributed by atoms with Crippen LogP contribution < -0.4 is 5.06 Å². The zero-order valence-electron chi connectivity index (χ0n) is 7.72. The van der Waals surface area contributed by atoms with E-state index in [2.05, 4.69) is 0 Å². The molecule has 1 N–H and O–H groups in total. The fourth-order valence-corrected chi connectivity index (χ4v) is 1.99. The van der Waals surface area contributed by atoms with Gasteiger partial charge in [0.2, 0.25) is 0 Å². The summed E-state index contributed by atoms with van der Waals surface area (Å²) in [5.41, 5.74) is 2.49. The summed E-state index contributed by atoms with van der Waals surface area (Å²) in [7, 11) is 0. The number of hydrogen-bond donors (Lipinski definition) is 1. The monoisotopic (exact) mass is 179 g/mol. The Labute approximate surface area is 77.3 Å². The van der Waals surface area contributed by atoms with Gasteiger partial charge in [0.15, 0.2) is 0 Å². The van der Waals surface area contributed by atoms with Crippen molar-refractivity contribution >= 4 is 5.91 Å². The normalized spacial score (nSPS) is 28.6. The van der Waals surface area contributed by atoms with Crippen molar-refractivity contribution in [2.24, 2.45) is 0 Å². The van der Waals surface area contributed by atoms with E-state index < -0.39 is 0 Å². The number of amides is 1. The van der Waals surface area contributed by atoms with Crippen molar-refractivity contribution in [3.8, 4) is 0 Å². The molecule has 0 aromatic carbocycles. The number of allylic oxidation sites excluding steroid dienone is 3. The molecule has 1 heterocycles. The van der Waals surface area contributed by atoms with Gasteiger partial charge >= 0.3 is 5.91 Å². The molecule has 0 aromatic heterocycles. The molecule has 3 heteroatoms. The highest BCUT2D eigenvalue weighted by Gasteiger charge is 2.28. The Balaban J connectivity index is 2.41. The molecule has 2 rings (SSSR count). The van der Waals surface area contributed by atoms with Gasteiger partial charge in [-0.05, 0) is 37.3 Å². The van der Waals surface area contributed by atoms with Crippen LogP contribution in [0.3, 0.4) is 0 Å². The number of hydrogen-bond acceptors (Lipinski definition) is 2. The van der Waals surface area contributed by atoms with Crippen LogP contribution in [0, 0.1) is 5.21 Å². The van der Waals surface area contributed by atoms with Crippen LogP contribution in [0.5, 0.6) is 0 Å². The highest BCUT2D eigenvalue weighted by molar-refractivity contribution is 5.89. The molecule has 1 atom stereocenters. The summed E-state index contributed by atoms with van der Waals surface area (Å²) in [5, 5.41) is 11.0. The first-order chi connectivity index (χ1) is 6.20. The molecular weight excluding hydrogens is 166 g/mol. The van der Waals surface area contributed by atoms with Gasteiger partial charge in [0.1, 0.15) is 5.70 Å². The third-order valence-corrected chi connectivity index (χ3v) is 2.74. The smallest absolute Gasteiger partial charge is 0.345 e. The summed E-state index contributed by atoms with van der Waals surface area (Å²) < 4.78 is 0. The number of hydroxylamine groups is 2. The summed E-state index contributed by atoms with van der Waals surface area (Å²) in [6, 6.07) is 0. The summed E-state index contributed by atoms with van der Waals surface area (Å²) in [6.07, 6.45) is 5.84. The van der Waals surface area contributed by atoms with Crippen molar-refractivity contribution < 1.29 is 9.86 Å². The second kappa shape index (κ2) is 3.09. The molecule has 0 bridgehead atoms. The van der Waals surface area contributed by atoms with Gasteiger partial charge in [0, 0.05) is 6.92 Å². The van der Waals surface area contributed by atoms with Crippen molar-refractivity contribution in [3.05, 3.63) is 28.1 Å². The molecule has 70 valence electrons. The van der Waals surface area contributed by atoms with E-state index in [1.165, 1.54) is 0 Å². The molecule has 0 spiro atoms. The molecule has 3 nitrogen and oxygen atoms in total. The van der Waals surface area contributed by atoms with E-state index in [0.29, 0.717) is 5.70 Å². The second-order valence-electron chi connectivity index (χ2n) is 3.70. The Kier molecular flexibility index (Phi) is 2.06. The Bertz CT molecular complexity index is 315. The SMILES string of the molecule is CC1=CC2=C(CCCC2)C(=O)[NH+]1[O-]. The lowest BCUT2D eigenvalue weighted by Crippen LogP contribution is -3.08. The first-order valence-electron chi connectivity index (χ1n) is 4.69. The molecule has 1 aliphatic carbocycles. The van der Waals surface area contributed by atoms with Gasteiger partial charge in [-0.2, -0.15) is 0 Å². The van der Waals surface area contributed by atoms with Gasteiger partial charge in [-0.15, -0.1) is 0 Å². The van der Waals surface area contributed by atoms with Crippen LogP contribution in [-0.2, 0) is 4.79 Å². The van der Waals surface area contributed by atoms with Gasteiger partial charge in [-0.1, -0.05) is 0 Å². The zero-order chi connectivity index (χ0) is 9.42. The molecule has 0 saturated carbocycles. The molecule has 0 radical (unpaired) electrons. The van der Waals surface area contributed by atoms with E-state index in [9.17, 15) is 10.0 Å². The lowest BCUT2D eigenvalue weighted by atomic mass is 9.89. The van der Waals surface area contributed by atoms with E-state index in [-0.39, 0.29) is 11.0 Å². The molecule has 0 fully saturated rings. The average molecular weight is 179 g/mol. The van der Waals surface area contributed by atoms with Crippen molar-refractivity contribution in [2.45, 2.75) is 32.6 Å². The lowest BCUT2D eigenvalue weighted by molar-refractivity contribution is -0.718. The Hall–Kier alpha value is -0.930. The van der Waals surface area contributed by atoms with Gasteiger partial charge in [0.25, 0.3) is 0 Å². The maximum Gasteiger partial charge on any atom is 0.345 e. The largest absolute Gasteiger partial charge is 0.621 e. The van der Waals surface area contributed by atoms with Gasteiger partial charge < -0.3 is 5.21 Å². The summed E-state index contributed by atoms with van der Waals surface area (Å²) in [4.78, 5) is 11.5. The van der Waals surface area contributed by atoms with Crippen molar-refractivity contribution in [1.82, 2.24) is 0 Å². The van der Waals surface area contributed by atoms with Crippen LogP contribution >= 0.6 is 0 Å². The maximum absolute atomic E-state index is 11.5. The van der Waals surface area contributed by atoms with Crippen molar-refractivity contribution in [2.75, 3.05) is 0 Å². The van der Waals surface area contributed by atoms with Gasteiger partial charge in [0.05, 0.1) is 5.57 Å². The number of rotatable bonds is 0. The number of nitrogens with one attached hydrogen (secondary N) is 1. The molecule has 13 heavy (non-hydrogen) atoms. The minimum Gasteiger partial charge on any atom is -0.621 e. The highest BCUT2D eigenvalue weighted by Crippen LogP contribution is 2.27. The topological polar surface area (TPSA) is 44.6 Å². The summed E-state index contributed by atoms with van der Waals surface area (Å²) in [5.74, 6) is -0.255. The fraction of sp³-hybridized carbons (Fsp3) is 0.500. The van der Waals surface area contributed by atoms with Gasteiger partial charge in [-0.25, -0.2) is 4.79 Å². The van der Waals surface area contributed by atoms with E-state index in [1.807, 2.05) is 6.08 Å². The van der Waals surface area contributed by atoms with Crippen LogP contribution in [0.25, 0.3) is 0 Å². The van der Waals surface area contributed by atoms with Crippen LogP contribution in [-0.4, -0.2) is 5.91 Å². The van der Waals surface area contributed by atoms with E-state index in [4.69, 9.17) is 0 Å². The van der Waals surface area contributed by atoms with Crippen LogP contribution in [0.15, 0.2) is 22.9 Å². The number of carbonyl (C=O) groups is 1. The van der Waals surface area contributed by atoms with E-state index in [1.54, 1.807) is 6.92 Å². The fourth-order valence-electron chi connectivity index (χ4n) is 1.99. The maximum atomic E-state index is 11.5. The Morgan fingerprint density at radius 1 is 1.38 bits per heavy atom. The van der Waals surface area contributed by atoms with E-state index >= 15 is 0 Å². The summed E-state index contributed by atoms with van der Waals surface area (Å²) in [6.45, 7) is 1.72. The van der Waals surface area contributed by atoms with Crippen LogP contribution in [0.1, 0.15) is 32.6 Å². The van der Waals surface area contributed by atoms with Crippen molar-refractivity contribution in [1.29, 1.82) is 0 Å². The second-order valence-corrected chi connectivity index (χ2v) is 3.70. The zero-order valence-corrected chi connectivity index (χ0v) is 7.72. The standard InChI is InChI=1S/C10H13NO2/c1-7-6-8-4-2-3-5-9(8)10(12)11(7)13/h6,11H,2-5H2,1H3. The first-order valence-corrected chi connectivity index (χ1v) is 4.69. The van der Waals surface area contributed by atoms with Crippen LogP contribution in [0.4, 0.5) is 0 Å². The van der Waals surface area contributed by atoms with E-state index in [0.717, 1.165) is 36.8 Å². The van der Waals surface area contributed by atoms with Crippen molar-refractivity contribution in [3.63, 3.8) is 0 Å². The predicted octanol–water partition coefficient (Wildman–Crippen LogP) is 0.684. The van der Waals surface area contributed by atoms with Crippen LogP contribution in [0.2, 0.25) is 0 Å². The molecule has 1 unspecified atom stereocenters. The molecule has 2 aliphatic rings. The lowest BCUT2D eigenvalue weighted by Gasteiger charge is -2.28. The third kappa shape index (κ3) is 1.34. The van der Waals surface area contributed by atoms with Gasteiger partial charge in [-0.3, -0.25) is 5.06 Å². The molecule has 0 aromatic rings. The molecule has 0 saturated heterocycles. The Morgan fingerprint density at radius 2 is 2.08 bits per heavy atom. The number of quaternary nitrogens is 1. The average Bonchev–Trinajstić information content (AvgIpc) is 2.15. The first kappa shape index (κ1) is 8.66. The molecule has 1 amide bonds. The quantitative estimate of drug-likeness (QED) is 0.556.